The molecule has 172 valence electrons. The van der Waals surface area contributed by atoms with Crippen molar-refractivity contribution in [3.05, 3.63) is 90.0 Å². The second-order valence-electron chi connectivity index (χ2n) is 9.30. The van der Waals surface area contributed by atoms with Crippen LogP contribution in [0.4, 0.5) is 5.69 Å². The van der Waals surface area contributed by atoms with Crippen LogP contribution in [0, 0.1) is 5.92 Å². The molecule has 3 fully saturated rings. The molecule has 0 spiro atoms. The Morgan fingerprint density at radius 3 is 1.97 bits per heavy atom. The van der Waals surface area contributed by atoms with Gasteiger partial charge in [-0.3, -0.25) is 4.90 Å². The van der Waals surface area contributed by atoms with Crippen LogP contribution in [0.2, 0.25) is 0 Å². The highest BCUT2D eigenvalue weighted by atomic mass is 16.5. The second kappa shape index (κ2) is 9.48. The van der Waals surface area contributed by atoms with Crippen molar-refractivity contribution in [1.29, 1.82) is 0 Å². The highest BCUT2D eigenvalue weighted by Crippen LogP contribution is 2.46. The molecule has 3 aromatic carbocycles. The van der Waals surface area contributed by atoms with E-state index in [4.69, 9.17) is 9.47 Å². The molecule has 0 aromatic heterocycles. The van der Waals surface area contributed by atoms with E-state index in [1.807, 2.05) is 12.1 Å². The van der Waals surface area contributed by atoms with Crippen LogP contribution in [-0.4, -0.2) is 51.3 Å². The van der Waals surface area contributed by atoms with Crippen LogP contribution >= 0.6 is 0 Å². The van der Waals surface area contributed by atoms with Crippen LogP contribution in [0.3, 0.4) is 0 Å². The zero-order chi connectivity index (χ0) is 22.8. The predicted molar refractivity (Wildman–Crippen MR) is 135 cm³/mol. The smallest absolute Gasteiger partial charge is 0.145 e. The number of benzene rings is 3. The van der Waals surface area contributed by atoms with Crippen molar-refractivity contribution in [1.82, 2.24) is 4.90 Å². The van der Waals surface area contributed by atoms with Gasteiger partial charge in [-0.25, -0.2) is 0 Å². The summed E-state index contributed by atoms with van der Waals surface area (Å²) in [6.45, 7) is 2.35. The quantitative estimate of drug-likeness (QED) is 0.487. The Morgan fingerprint density at radius 2 is 1.42 bits per heavy atom. The number of fused-ring (bicyclic) bond motifs is 3. The standard InChI is InChI=1S/C29H34N2O2/c1-30(25-15-14-24(32-2)20-26(25)33-3)28-23-16-18-31(19-17-23)29(28)27(21-10-6-4-7-11-21)22-12-8-5-9-13-22/h4-15,20,23,27-29H,16-19H2,1-3H3/t28-,29-/m1/s1. The van der Waals surface area contributed by atoms with Crippen molar-refractivity contribution in [2.45, 2.75) is 30.8 Å². The Morgan fingerprint density at radius 1 is 0.818 bits per heavy atom. The van der Waals surface area contributed by atoms with E-state index in [0.717, 1.165) is 17.2 Å². The molecule has 3 saturated heterocycles. The van der Waals surface area contributed by atoms with Gasteiger partial charge >= 0.3 is 0 Å². The topological polar surface area (TPSA) is 24.9 Å². The third kappa shape index (κ3) is 4.08. The van der Waals surface area contributed by atoms with Gasteiger partial charge in [0.25, 0.3) is 0 Å². The van der Waals surface area contributed by atoms with Crippen molar-refractivity contribution >= 4 is 5.69 Å². The van der Waals surface area contributed by atoms with Crippen molar-refractivity contribution in [2.24, 2.45) is 5.92 Å². The molecular weight excluding hydrogens is 408 g/mol. The van der Waals surface area contributed by atoms with Gasteiger partial charge in [0.15, 0.2) is 0 Å². The molecule has 3 heterocycles. The summed E-state index contributed by atoms with van der Waals surface area (Å²) in [4.78, 5) is 5.22. The molecule has 0 unspecified atom stereocenters. The van der Waals surface area contributed by atoms with E-state index < -0.39 is 0 Å². The number of methoxy groups -OCH3 is 2. The van der Waals surface area contributed by atoms with Crippen LogP contribution in [0.5, 0.6) is 11.5 Å². The third-order valence-electron chi connectivity index (χ3n) is 7.70. The van der Waals surface area contributed by atoms with E-state index in [-0.39, 0.29) is 0 Å². The highest BCUT2D eigenvalue weighted by Gasteiger charge is 2.48. The molecule has 0 saturated carbocycles. The minimum atomic E-state index is 0.312. The van der Waals surface area contributed by atoms with Crippen molar-refractivity contribution in [3.8, 4) is 11.5 Å². The lowest BCUT2D eigenvalue weighted by Crippen LogP contribution is -2.65. The molecule has 3 aliphatic rings. The lowest BCUT2D eigenvalue weighted by Gasteiger charge is -2.56. The number of ether oxygens (including phenoxy) is 2. The Labute approximate surface area is 197 Å². The van der Waals surface area contributed by atoms with Gasteiger partial charge in [0.05, 0.1) is 19.9 Å². The molecular formula is C29H34N2O2. The maximum absolute atomic E-state index is 5.81. The first kappa shape index (κ1) is 21.8. The molecule has 2 bridgehead atoms. The van der Waals surface area contributed by atoms with E-state index in [0.29, 0.717) is 23.9 Å². The number of piperidine rings is 3. The lowest BCUT2D eigenvalue weighted by molar-refractivity contribution is 0.0185. The summed E-state index contributed by atoms with van der Waals surface area (Å²) in [6, 6.07) is 29.1. The molecule has 0 amide bonds. The zero-order valence-electron chi connectivity index (χ0n) is 19.9. The fraction of sp³-hybridized carbons (Fsp3) is 0.379. The molecule has 0 N–H and O–H groups in total. The van der Waals surface area contributed by atoms with Gasteiger partial charge in [-0.2, -0.15) is 0 Å². The summed E-state index contributed by atoms with van der Waals surface area (Å²) in [5.74, 6) is 2.66. The van der Waals surface area contributed by atoms with Gasteiger partial charge in [0.1, 0.15) is 11.5 Å². The first-order valence-electron chi connectivity index (χ1n) is 12.0. The van der Waals surface area contributed by atoms with Crippen molar-refractivity contribution < 1.29 is 9.47 Å². The van der Waals surface area contributed by atoms with Gasteiger partial charge in [-0.15, -0.1) is 0 Å². The zero-order valence-corrected chi connectivity index (χ0v) is 19.9. The fourth-order valence-electron chi connectivity index (χ4n) is 6.15. The van der Waals surface area contributed by atoms with Gasteiger partial charge in [-0.1, -0.05) is 60.7 Å². The van der Waals surface area contributed by atoms with E-state index in [2.05, 4.69) is 83.6 Å². The number of hydrogen-bond donors (Lipinski definition) is 0. The molecule has 4 nitrogen and oxygen atoms in total. The van der Waals surface area contributed by atoms with Gasteiger partial charge in [-0.05, 0) is 55.1 Å². The SMILES string of the molecule is COc1ccc(N(C)[C@@H]2C3CCN(CC3)[C@@H]2C(c2ccccc2)c2ccccc2)c(OC)c1. The monoisotopic (exact) mass is 442 g/mol. The summed E-state index contributed by atoms with van der Waals surface area (Å²) in [7, 11) is 5.69. The maximum atomic E-state index is 5.81. The molecule has 2 atom stereocenters. The first-order chi connectivity index (χ1) is 16.2. The highest BCUT2D eigenvalue weighted by molar-refractivity contribution is 5.62. The second-order valence-corrected chi connectivity index (χ2v) is 9.30. The van der Waals surface area contributed by atoms with Crippen molar-refractivity contribution in [3.63, 3.8) is 0 Å². The Bertz CT molecular complexity index is 1010. The largest absolute Gasteiger partial charge is 0.497 e. The average Bonchev–Trinajstić information content (AvgIpc) is 2.90. The van der Waals surface area contributed by atoms with E-state index >= 15 is 0 Å². The molecule has 3 aromatic rings. The molecule has 6 rings (SSSR count). The van der Waals surface area contributed by atoms with Crippen LogP contribution in [0.1, 0.15) is 29.9 Å². The van der Waals surface area contributed by atoms with Crippen LogP contribution in [-0.2, 0) is 0 Å². The maximum Gasteiger partial charge on any atom is 0.145 e. The summed E-state index contributed by atoms with van der Waals surface area (Å²) in [5.41, 5.74) is 3.91. The minimum absolute atomic E-state index is 0.312. The fourth-order valence-corrected chi connectivity index (χ4v) is 6.15. The van der Waals surface area contributed by atoms with Gasteiger partial charge < -0.3 is 14.4 Å². The molecule has 0 aliphatic carbocycles. The summed E-state index contributed by atoms with van der Waals surface area (Å²) in [5, 5.41) is 0. The summed E-state index contributed by atoms with van der Waals surface area (Å²) < 4.78 is 11.3. The van der Waals surface area contributed by atoms with E-state index in [9.17, 15) is 0 Å². The third-order valence-corrected chi connectivity index (χ3v) is 7.70. The minimum Gasteiger partial charge on any atom is -0.497 e. The van der Waals surface area contributed by atoms with Gasteiger partial charge in [0.2, 0.25) is 0 Å². The number of nitrogens with zero attached hydrogens (tertiary/aromatic N) is 2. The molecule has 33 heavy (non-hydrogen) atoms. The Balaban J connectivity index is 1.60. The number of rotatable bonds is 7. The van der Waals surface area contributed by atoms with Crippen LogP contribution in [0.15, 0.2) is 78.9 Å². The Hall–Kier alpha value is -2.98. The number of likely N-dealkylation sites (N-methyl/N-ethyl adjacent to an activating group) is 1. The number of anilines is 1. The van der Waals surface area contributed by atoms with E-state index in [1.54, 1.807) is 14.2 Å². The predicted octanol–water partition coefficient (Wildman–Crippen LogP) is 5.43. The molecule has 3 aliphatic heterocycles. The average molecular weight is 443 g/mol. The summed E-state index contributed by atoms with van der Waals surface area (Å²) >= 11 is 0. The first-order valence-corrected chi connectivity index (χ1v) is 12.0. The summed E-state index contributed by atoms with van der Waals surface area (Å²) in [6.07, 6.45) is 2.50. The molecule has 0 radical (unpaired) electrons. The normalized spacial score (nSPS) is 24.0. The van der Waals surface area contributed by atoms with Crippen LogP contribution in [0.25, 0.3) is 0 Å². The Kier molecular flexibility index (Phi) is 6.28. The van der Waals surface area contributed by atoms with E-state index in [1.165, 1.54) is 37.1 Å². The van der Waals surface area contributed by atoms with Crippen molar-refractivity contribution in [2.75, 3.05) is 39.3 Å². The number of hydrogen-bond acceptors (Lipinski definition) is 4. The van der Waals surface area contributed by atoms with Gasteiger partial charge in [0, 0.05) is 31.1 Å². The van der Waals surface area contributed by atoms with Crippen LogP contribution < -0.4 is 14.4 Å². The molecule has 4 heteroatoms. The lowest BCUT2D eigenvalue weighted by atomic mass is 9.70.